The van der Waals surface area contributed by atoms with Gasteiger partial charge in [-0.2, -0.15) is 0 Å². The van der Waals surface area contributed by atoms with Gasteiger partial charge in [-0.05, 0) is 25.0 Å². The van der Waals surface area contributed by atoms with Crippen LogP contribution >= 0.6 is 0 Å². The van der Waals surface area contributed by atoms with E-state index in [9.17, 15) is 9.59 Å². The van der Waals surface area contributed by atoms with Crippen molar-refractivity contribution in [1.29, 1.82) is 0 Å². The van der Waals surface area contributed by atoms with Crippen LogP contribution in [0.1, 0.15) is 23.2 Å². The molecule has 0 unspecified atom stereocenters. The number of aromatic nitrogens is 3. The molecular formula is C14H13N5O2. The first kappa shape index (κ1) is 13.2. The molecule has 0 spiro atoms. The number of anilines is 2. The van der Waals surface area contributed by atoms with E-state index in [1.54, 1.807) is 12.1 Å². The van der Waals surface area contributed by atoms with Crippen molar-refractivity contribution in [2.24, 2.45) is 5.92 Å². The SMILES string of the molecule is O=C(Nc1cncnc1)c1ccnc(NC(=O)C2CC2)c1. The Morgan fingerprint density at radius 3 is 2.62 bits per heavy atom. The lowest BCUT2D eigenvalue weighted by molar-refractivity contribution is -0.117. The van der Waals surface area contributed by atoms with Gasteiger partial charge in [0.05, 0.1) is 18.1 Å². The molecule has 0 saturated heterocycles. The lowest BCUT2D eigenvalue weighted by Crippen LogP contribution is -2.16. The number of pyridine rings is 1. The molecule has 0 bridgehead atoms. The predicted octanol–water partition coefficient (Wildman–Crippen LogP) is 1.47. The molecule has 0 radical (unpaired) electrons. The number of carbonyl (C=O) groups excluding carboxylic acids is 2. The topological polar surface area (TPSA) is 96.9 Å². The Morgan fingerprint density at radius 1 is 1.14 bits per heavy atom. The molecule has 2 aromatic heterocycles. The van der Waals surface area contributed by atoms with E-state index in [1.165, 1.54) is 24.9 Å². The Balaban J connectivity index is 1.69. The normalized spacial score (nSPS) is 13.5. The summed E-state index contributed by atoms with van der Waals surface area (Å²) in [4.78, 5) is 35.5. The lowest BCUT2D eigenvalue weighted by Gasteiger charge is -2.07. The summed E-state index contributed by atoms with van der Waals surface area (Å²) in [6.45, 7) is 0. The van der Waals surface area contributed by atoms with Crippen molar-refractivity contribution in [3.8, 4) is 0 Å². The summed E-state index contributed by atoms with van der Waals surface area (Å²) in [6, 6.07) is 3.12. The first-order valence-electron chi connectivity index (χ1n) is 6.55. The molecule has 7 heteroatoms. The summed E-state index contributed by atoms with van der Waals surface area (Å²) in [5.74, 6) is 0.111. The number of nitrogens with zero attached hydrogens (tertiary/aromatic N) is 3. The van der Waals surface area contributed by atoms with Crippen LogP contribution in [0.3, 0.4) is 0 Å². The third-order valence-corrected chi connectivity index (χ3v) is 3.04. The minimum Gasteiger partial charge on any atom is -0.319 e. The summed E-state index contributed by atoms with van der Waals surface area (Å²) in [5, 5.41) is 5.38. The summed E-state index contributed by atoms with van der Waals surface area (Å²) >= 11 is 0. The van der Waals surface area contributed by atoms with Crippen molar-refractivity contribution in [1.82, 2.24) is 15.0 Å². The fourth-order valence-electron chi connectivity index (χ4n) is 1.78. The van der Waals surface area contributed by atoms with Gasteiger partial charge in [-0.3, -0.25) is 9.59 Å². The highest BCUT2D eigenvalue weighted by Crippen LogP contribution is 2.29. The maximum Gasteiger partial charge on any atom is 0.255 e. The molecule has 1 aliphatic rings. The highest BCUT2D eigenvalue weighted by Gasteiger charge is 2.29. The predicted molar refractivity (Wildman–Crippen MR) is 75.6 cm³/mol. The van der Waals surface area contributed by atoms with E-state index in [-0.39, 0.29) is 17.7 Å². The molecule has 3 rings (SSSR count). The molecule has 106 valence electrons. The van der Waals surface area contributed by atoms with E-state index < -0.39 is 0 Å². The number of hydrogen-bond donors (Lipinski definition) is 2. The molecule has 0 aromatic carbocycles. The Labute approximate surface area is 120 Å². The Hall–Kier alpha value is -2.83. The smallest absolute Gasteiger partial charge is 0.255 e. The second kappa shape index (κ2) is 5.66. The minimum absolute atomic E-state index is 0.0449. The number of rotatable bonds is 4. The van der Waals surface area contributed by atoms with Crippen LogP contribution in [-0.4, -0.2) is 26.8 Å². The van der Waals surface area contributed by atoms with E-state index in [0.29, 0.717) is 17.1 Å². The monoisotopic (exact) mass is 283 g/mol. The van der Waals surface area contributed by atoms with Crippen molar-refractivity contribution in [2.45, 2.75) is 12.8 Å². The van der Waals surface area contributed by atoms with Crippen molar-refractivity contribution in [2.75, 3.05) is 10.6 Å². The summed E-state index contributed by atoms with van der Waals surface area (Å²) in [7, 11) is 0. The Bertz CT molecular complexity index is 670. The first-order chi connectivity index (χ1) is 10.2. The largest absolute Gasteiger partial charge is 0.319 e. The lowest BCUT2D eigenvalue weighted by atomic mass is 10.2. The summed E-state index contributed by atoms with van der Waals surface area (Å²) in [5.41, 5.74) is 0.905. The quantitative estimate of drug-likeness (QED) is 0.885. The van der Waals surface area contributed by atoms with E-state index in [2.05, 4.69) is 25.6 Å². The molecule has 2 heterocycles. The fraction of sp³-hybridized carbons (Fsp3) is 0.214. The van der Waals surface area contributed by atoms with Gasteiger partial charge in [0.15, 0.2) is 0 Å². The second-order valence-electron chi connectivity index (χ2n) is 4.77. The van der Waals surface area contributed by atoms with Gasteiger partial charge >= 0.3 is 0 Å². The molecule has 2 aromatic rings. The zero-order valence-corrected chi connectivity index (χ0v) is 11.1. The molecule has 1 fully saturated rings. The molecule has 2 N–H and O–H groups in total. The van der Waals surface area contributed by atoms with Gasteiger partial charge in [-0.25, -0.2) is 15.0 Å². The van der Waals surface area contributed by atoms with Crippen LogP contribution in [0.2, 0.25) is 0 Å². The van der Waals surface area contributed by atoms with Crippen molar-refractivity contribution < 1.29 is 9.59 Å². The van der Waals surface area contributed by atoms with Crippen molar-refractivity contribution in [3.05, 3.63) is 42.6 Å². The molecule has 1 saturated carbocycles. The molecule has 0 atom stereocenters. The molecule has 7 nitrogen and oxygen atoms in total. The first-order valence-corrected chi connectivity index (χ1v) is 6.55. The van der Waals surface area contributed by atoms with Crippen LogP contribution in [0, 0.1) is 5.92 Å². The molecular weight excluding hydrogens is 270 g/mol. The summed E-state index contributed by atoms with van der Waals surface area (Å²) in [6.07, 6.45) is 7.70. The minimum atomic E-state index is -0.311. The van der Waals surface area contributed by atoms with Crippen LogP contribution in [0.5, 0.6) is 0 Å². The maximum absolute atomic E-state index is 12.1. The van der Waals surface area contributed by atoms with Crippen LogP contribution in [0.4, 0.5) is 11.5 Å². The molecule has 21 heavy (non-hydrogen) atoms. The third-order valence-electron chi connectivity index (χ3n) is 3.04. The van der Waals surface area contributed by atoms with Crippen LogP contribution in [-0.2, 0) is 4.79 Å². The zero-order valence-electron chi connectivity index (χ0n) is 11.1. The summed E-state index contributed by atoms with van der Waals surface area (Å²) < 4.78 is 0. The Kier molecular flexibility index (Phi) is 3.55. The van der Waals surface area contributed by atoms with Gasteiger partial charge in [0, 0.05) is 17.7 Å². The number of nitrogens with one attached hydrogen (secondary N) is 2. The van der Waals surface area contributed by atoms with E-state index >= 15 is 0 Å². The van der Waals surface area contributed by atoms with E-state index in [1.807, 2.05) is 0 Å². The van der Waals surface area contributed by atoms with Gasteiger partial charge in [-0.1, -0.05) is 0 Å². The van der Waals surface area contributed by atoms with Gasteiger partial charge in [-0.15, -0.1) is 0 Å². The Morgan fingerprint density at radius 2 is 1.90 bits per heavy atom. The molecule has 1 aliphatic carbocycles. The number of hydrogen-bond acceptors (Lipinski definition) is 5. The maximum atomic E-state index is 12.1. The van der Waals surface area contributed by atoms with Gasteiger partial charge < -0.3 is 10.6 Å². The van der Waals surface area contributed by atoms with Crippen LogP contribution in [0.15, 0.2) is 37.1 Å². The van der Waals surface area contributed by atoms with Gasteiger partial charge in [0.2, 0.25) is 5.91 Å². The van der Waals surface area contributed by atoms with Crippen molar-refractivity contribution >= 4 is 23.3 Å². The number of carbonyl (C=O) groups is 2. The number of amides is 2. The molecule has 0 aliphatic heterocycles. The average molecular weight is 283 g/mol. The highest BCUT2D eigenvalue weighted by atomic mass is 16.2. The highest BCUT2D eigenvalue weighted by molar-refractivity contribution is 6.05. The van der Waals surface area contributed by atoms with Crippen LogP contribution < -0.4 is 10.6 Å². The third kappa shape index (κ3) is 3.38. The fourth-order valence-corrected chi connectivity index (χ4v) is 1.78. The van der Waals surface area contributed by atoms with E-state index in [4.69, 9.17) is 0 Å². The van der Waals surface area contributed by atoms with Gasteiger partial charge in [0.1, 0.15) is 12.1 Å². The zero-order chi connectivity index (χ0) is 14.7. The second-order valence-corrected chi connectivity index (χ2v) is 4.77. The average Bonchev–Trinajstić information content (AvgIpc) is 3.33. The van der Waals surface area contributed by atoms with Crippen molar-refractivity contribution in [3.63, 3.8) is 0 Å². The van der Waals surface area contributed by atoms with E-state index in [0.717, 1.165) is 12.8 Å². The van der Waals surface area contributed by atoms with Gasteiger partial charge in [0.25, 0.3) is 5.91 Å². The standard InChI is InChI=1S/C14H13N5O2/c20-13(9-1-2-9)19-12-5-10(3-4-17-12)14(21)18-11-6-15-8-16-7-11/h3-9H,1-2H2,(H,18,21)(H,17,19,20). The molecule has 2 amide bonds. The van der Waals surface area contributed by atoms with Crippen LogP contribution in [0.25, 0.3) is 0 Å².